The van der Waals surface area contributed by atoms with Gasteiger partial charge in [-0.15, -0.1) is 11.3 Å². The number of halogens is 1. The number of rotatable bonds is 7. The predicted octanol–water partition coefficient (Wildman–Crippen LogP) is 5.30. The second-order valence-corrected chi connectivity index (χ2v) is 7.40. The van der Waals surface area contributed by atoms with Gasteiger partial charge in [-0.3, -0.25) is 0 Å². The topological polar surface area (TPSA) is 12.0 Å². The number of thiophene rings is 1. The molecule has 0 bridgehead atoms. The quantitative estimate of drug-likeness (QED) is 0.720. The highest BCUT2D eigenvalue weighted by atomic mass is 79.9. The molecule has 17 heavy (non-hydrogen) atoms. The maximum atomic E-state index is 3.71. The first-order valence-electron chi connectivity index (χ1n) is 6.59. The van der Waals surface area contributed by atoms with Crippen molar-refractivity contribution in [3.63, 3.8) is 0 Å². The average Bonchev–Trinajstić information content (AvgIpc) is 2.59. The van der Waals surface area contributed by atoms with Gasteiger partial charge in [0.1, 0.15) is 0 Å². The Morgan fingerprint density at radius 1 is 1.35 bits per heavy atom. The van der Waals surface area contributed by atoms with Gasteiger partial charge in [-0.1, -0.05) is 27.2 Å². The van der Waals surface area contributed by atoms with Crippen molar-refractivity contribution in [2.75, 3.05) is 6.54 Å². The van der Waals surface area contributed by atoms with Gasteiger partial charge in [0.25, 0.3) is 0 Å². The summed E-state index contributed by atoms with van der Waals surface area (Å²) in [6.07, 6.45) is 3.74. The van der Waals surface area contributed by atoms with Crippen LogP contribution in [0.5, 0.6) is 0 Å². The Bertz CT molecular complexity index is 335. The van der Waals surface area contributed by atoms with Crippen LogP contribution in [0.25, 0.3) is 0 Å². The van der Waals surface area contributed by atoms with E-state index in [0.717, 1.165) is 6.54 Å². The first-order chi connectivity index (χ1) is 8.10. The van der Waals surface area contributed by atoms with E-state index in [4.69, 9.17) is 0 Å². The molecule has 0 radical (unpaired) electrons. The van der Waals surface area contributed by atoms with E-state index in [1.54, 1.807) is 0 Å². The van der Waals surface area contributed by atoms with E-state index >= 15 is 0 Å². The molecule has 0 aliphatic rings. The van der Waals surface area contributed by atoms with Crippen LogP contribution in [-0.4, -0.2) is 6.54 Å². The van der Waals surface area contributed by atoms with Crippen LogP contribution in [-0.2, 0) is 0 Å². The van der Waals surface area contributed by atoms with Gasteiger partial charge in [0.15, 0.2) is 0 Å². The van der Waals surface area contributed by atoms with E-state index in [0.29, 0.717) is 12.0 Å². The maximum Gasteiger partial charge on any atom is 0.0704 e. The molecule has 3 heteroatoms. The van der Waals surface area contributed by atoms with Crippen LogP contribution in [0, 0.1) is 12.8 Å². The monoisotopic (exact) mass is 317 g/mol. The summed E-state index contributed by atoms with van der Waals surface area (Å²) in [5, 5.41) is 3.71. The average molecular weight is 318 g/mol. The van der Waals surface area contributed by atoms with E-state index in [2.05, 4.69) is 55.0 Å². The SMILES string of the molecule is CCCNC(c1cc(Br)sc1C)C(C)CCC. The van der Waals surface area contributed by atoms with Crippen LogP contribution in [0.4, 0.5) is 0 Å². The van der Waals surface area contributed by atoms with Crippen LogP contribution in [0.1, 0.15) is 56.5 Å². The lowest BCUT2D eigenvalue weighted by atomic mass is 9.91. The van der Waals surface area contributed by atoms with E-state index < -0.39 is 0 Å². The molecular formula is C14H24BrNS. The van der Waals surface area contributed by atoms with Crippen molar-refractivity contribution in [1.82, 2.24) is 5.32 Å². The number of hydrogen-bond donors (Lipinski definition) is 1. The molecule has 1 aromatic rings. The normalized spacial score (nSPS) is 14.9. The third-order valence-electron chi connectivity index (χ3n) is 3.19. The molecule has 2 unspecified atom stereocenters. The van der Waals surface area contributed by atoms with Crippen molar-refractivity contribution < 1.29 is 0 Å². The minimum absolute atomic E-state index is 0.512. The van der Waals surface area contributed by atoms with E-state index in [1.165, 1.54) is 33.5 Å². The van der Waals surface area contributed by atoms with Gasteiger partial charge in [-0.25, -0.2) is 0 Å². The minimum Gasteiger partial charge on any atom is -0.310 e. The van der Waals surface area contributed by atoms with Crippen molar-refractivity contribution in [2.24, 2.45) is 5.92 Å². The summed E-state index contributed by atoms with van der Waals surface area (Å²) in [6.45, 7) is 10.2. The second kappa shape index (κ2) is 7.55. The fraction of sp³-hybridized carbons (Fsp3) is 0.714. The van der Waals surface area contributed by atoms with Crippen molar-refractivity contribution in [2.45, 2.75) is 53.0 Å². The van der Waals surface area contributed by atoms with Crippen LogP contribution in [0.3, 0.4) is 0 Å². The van der Waals surface area contributed by atoms with E-state index in [9.17, 15) is 0 Å². The summed E-state index contributed by atoms with van der Waals surface area (Å²) in [6, 6.07) is 2.80. The number of aryl methyl sites for hydroxylation is 1. The van der Waals surface area contributed by atoms with Gasteiger partial charge in [0, 0.05) is 10.9 Å². The van der Waals surface area contributed by atoms with Gasteiger partial charge in [-0.2, -0.15) is 0 Å². The lowest BCUT2D eigenvalue weighted by molar-refractivity contribution is 0.363. The third-order valence-corrected chi connectivity index (χ3v) is 4.76. The summed E-state index contributed by atoms with van der Waals surface area (Å²) < 4.78 is 1.25. The molecule has 1 aromatic heterocycles. The number of hydrogen-bond acceptors (Lipinski definition) is 2. The molecule has 0 saturated heterocycles. The summed E-state index contributed by atoms with van der Waals surface area (Å²) in [7, 11) is 0. The molecule has 0 spiro atoms. The molecule has 0 aliphatic carbocycles. The van der Waals surface area contributed by atoms with Crippen molar-refractivity contribution in [1.29, 1.82) is 0 Å². The fourth-order valence-corrected chi connectivity index (χ4v) is 4.06. The highest BCUT2D eigenvalue weighted by Gasteiger charge is 2.21. The van der Waals surface area contributed by atoms with Gasteiger partial charge in [0.05, 0.1) is 3.79 Å². The molecule has 0 fully saturated rings. The third kappa shape index (κ3) is 4.38. The highest BCUT2D eigenvalue weighted by molar-refractivity contribution is 9.11. The molecule has 0 saturated carbocycles. The Hall–Kier alpha value is 0.140. The molecule has 0 aromatic carbocycles. The molecule has 1 N–H and O–H groups in total. The molecule has 1 rings (SSSR count). The van der Waals surface area contributed by atoms with Crippen LogP contribution < -0.4 is 5.32 Å². The van der Waals surface area contributed by atoms with Gasteiger partial charge >= 0.3 is 0 Å². The van der Waals surface area contributed by atoms with E-state index in [-0.39, 0.29) is 0 Å². The first kappa shape index (κ1) is 15.2. The lowest BCUT2D eigenvalue weighted by Crippen LogP contribution is -2.27. The van der Waals surface area contributed by atoms with Crippen molar-refractivity contribution in [3.05, 3.63) is 20.3 Å². The number of nitrogens with one attached hydrogen (secondary N) is 1. The summed E-state index contributed by atoms with van der Waals surface area (Å²) >= 11 is 5.44. The van der Waals surface area contributed by atoms with Crippen LogP contribution >= 0.6 is 27.3 Å². The second-order valence-electron chi connectivity index (χ2n) is 4.76. The van der Waals surface area contributed by atoms with Gasteiger partial charge in [-0.05, 0) is 59.8 Å². The van der Waals surface area contributed by atoms with Crippen LogP contribution in [0.2, 0.25) is 0 Å². The molecule has 1 nitrogen and oxygen atoms in total. The first-order valence-corrected chi connectivity index (χ1v) is 8.20. The van der Waals surface area contributed by atoms with Gasteiger partial charge < -0.3 is 5.32 Å². The zero-order valence-corrected chi connectivity index (χ0v) is 13.7. The highest BCUT2D eigenvalue weighted by Crippen LogP contribution is 2.35. The lowest BCUT2D eigenvalue weighted by Gasteiger charge is -2.25. The summed E-state index contributed by atoms with van der Waals surface area (Å²) in [4.78, 5) is 1.44. The molecule has 0 aliphatic heterocycles. The predicted molar refractivity (Wildman–Crippen MR) is 81.9 cm³/mol. The smallest absolute Gasteiger partial charge is 0.0704 e. The Kier molecular flexibility index (Phi) is 6.75. The molecule has 1 heterocycles. The summed E-state index contributed by atoms with van der Waals surface area (Å²) in [5.41, 5.74) is 1.48. The van der Waals surface area contributed by atoms with Crippen LogP contribution in [0.15, 0.2) is 9.85 Å². The van der Waals surface area contributed by atoms with Crippen molar-refractivity contribution in [3.8, 4) is 0 Å². The molecular weight excluding hydrogens is 294 g/mol. The standard InChI is InChI=1S/C14H24BrNS/c1-5-7-10(3)14(16-8-6-2)12-9-13(15)17-11(12)4/h9-10,14,16H,5-8H2,1-4H3. The zero-order chi connectivity index (χ0) is 12.8. The Labute approximate surface area is 118 Å². The molecule has 98 valence electrons. The maximum absolute atomic E-state index is 3.71. The Balaban J connectivity index is 2.84. The molecule has 0 amide bonds. The van der Waals surface area contributed by atoms with Crippen molar-refractivity contribution >= 4 is 27.3 Å². The minimum atomic E-state index is 0.512. The largest absolute Gasteiger partial charge is 0.310 e. The van der Waals surface area contributed by atoms with Gasteiger partial charge in [0.2, 0.25) is 0 Å². The Morgan fingerprint density at radius 3 is 2.53 bits per heavy atom. The fourth-order valence-electron chi connectivity index (χ4n) is 2.31. The summed E-state index contributed by atoms with van der Waals surface area (Å²) in [5.74, 6) is 0.701. The Morgan fingerprint density at radius 2 is 2.06 bits per heavy atom. The zero-order valence-electron chi connectivity index (χ0n) is 11.3. The van der Waals surface area contributed by atoms with E-state index in [1.807, 2.05) is 11.3 Å². The molecule has 2 atom stereocenters.